The highest BCUT2D eigenvalue weighted by atomic mass is 35.5. The molecule has 1 aromatic heterocycles. The minimum absolute atomic E-state index is 0.183. The summed E-state index contributed by atoms with van der Waals surface area (Å²) in [5.41, 5.74) is 3.15. The van der Waals surface area contributed by atoms with E-state index in [-0.39, 0.29) is 5.92 Å². The highest BCUT2D eigenvalue weighted by molar-refractivity contribution is 6.35. The molecule has 4 heteroatoms. The second-order valence-electron chi connectivity index (χ2n) is 5.12. The van der Waals surface area contributed by atoms with Crippen LogP contribution in [0.25, 0.3) is 5.57 Å². The van der Waals surface area contributed by atoms with Gasteiger partial charge in [-0.15, -0.1) is 0 Å². The summed E-state index contributed by atoms with van der Waals surface area (Å²) in [7, 11) is 0. The van der Waals surface area contributed by atoms with Crippen LogP contribution >= 0.6 is 23.2 Å². The minimum Gasteiger partial charge on any atom is -0.388 e. The molecule has 21 heavy (non-hydrogen) atoms. The smallest absolute Gasteiger partial charge is 0.0877 e. The summed E-state index contributed by atoms with van der Waals surface area (Å²) in [6.45, 7) is 7.71. The van der Waals surface area contributed by atoms with Crippen molar-refractivity contribution in [1.29, 1.82) is 0 Å². The molecular weight excluding hydrogens is 305 g/mol. The van der Waals surface area contributed by atoms with Gasteiger partial charge in [-0.3, -0.25) is 4.98 Å². The van der Waals surface area contributed by atoms with Crippen molar-refractivity contribution in [3.05, 3.63) is 70.0 Å². The number of hydrogen-bond acceptors (Lipinski definition) is 2. The van der Waals surface area contributed by atoms with Crippen molar-refractivity contribution in [1.82, 2.24) is 4.98 Å². The van der Waals surface area contributed by atoms with Crippen molar-refractivity contribution in [3.8, 4) is 0 Å². The van der Waals surface area contributed by atoms with Crippen LogP contribution in [-0.4, -0.2) is 10.1 Å². The number of halogens is 2. The summed E-state index contributed by atoms with van der Waals surface area (Å²) in [6.07, 6.45) is 0.976. The van der Waals surface area contributed by atoms with Crippen LogP contribution in [0.15, 0.2) is 43.1 Å². The summed E-state index contributed by atoms with van der Waals surface area (Å²) in [5.74, 6) is -0.183. The maximum atomic E-state index is 10.7. The highest BCUT2D eigenvalue weighted by Crippen LogP contribution is 2.37. The van der Waals surface area contributed by atoms with E-state index in [2.05, 4.69) is 11.6 Å². The SMILES string of the molecule is C=C(C)c1ncccc1C(O)C(C)c1ccc(Cl)cc1Cl. The summed E-state index contributed by atoms with van der Waals surface area (Å²) >= 11 is 12.1. The van der Waals surface area contributed by atoms with Crippen LogP contribution < -0.4 is 0 Å². The molecule has 0 saturated carbocycles. The molecule has 1 N–H and O–H groups in total. The van der Waals surface area contributed by atoms with E-state index in [0.717, 1.165) is 22.4 Å². The predicted molar refractivity (Wildman–Crippen MR) is 88.8 cm³/mol. The Morgan fingerprint density at radius 1 is 1.24 bits per heavy atom. The third kappa shape index (κ3) is 3.46. The molecule has 1 aromatic carbocycles. The number of aliphatic hydroxyl groups excluding tert-OH is 1. The Hall–Kier alpha value is -1.35. The Kier molecular flexibility index (Phi) is 5.04. The summed E-state index contributed by atoms with van der Waals surface area (Å²) in [5, 5.41) is 11.8. The first kappa shape index (κ1) is 16.0. The first-order chi connectivity index (χ1) is 9.91. The lowest BCUT2D eigenvalue weighted by molar-refractivity contribution is 0.151. The lowest BCUT2D eigenvalue weighted by atomic mass is 9.89. The van der Waals surface area contributed by atoms with E-state index in [4.69, 9.17) is 23.2 Å². The highest BCUT2D eigenvalue weighted by Gasteiger charge is 2.23. The number of pyridine rings is 1. The topological polar surface area (TPSA) is 33.1 Å². The molecule has 0 saturated heterocycles. The standard InChI is InChI=1S/C17H17Cl2NO/c1-10(2)16-14(5-4-8-20-16)17(21)11(3)13-7-6-12(18)9-15(13)19/h4-9,11,17,21H,1H2,2-3H3. The van der Waals surface area contributed by atoms with Crippen LogP contribution in [0, 0.1) is 0 Å². The third-order valence-electron chi connectivity index (χ3n) is 3.49. The number of benzene rings is 1. The summed E-state index contributed by atoms with van der Waals surface area (Å²) < 4.78 is 0. The average Bonchev–Trinajstić information content (AvgIpc) is 2.45. The van der Waals surface area contributed by atoms with Crippen molar-refractivity contribution < 1.29 is 5.11 Å². The van der Waals surface area contributed by atoms with Crippen molar-refractivity contribution in [3.63, 3.8) is 0 Å². The Morgan fingerprint density at radius 2 is 1.95 bits per heavy atom. The number of hydrogen-bond donors (Lipinski definition) is 1. The van der Waals surface area contributed by atoms with Gasteiger partial charge in [0.1, 0.15) is 0 Å². The molecule has 110 valence electrons. The minimum atomic E-state index is -0.718. The van der Waals surface area contributed by atoms with Gasteiger partial charge in [-0.2, -0.15) is 0 Å². The lowest BCUT2D eigenvalue weighted by Crippen LogP contribution is -2.11. The summed E-state index contributed by atoms with van der Waals surface area (Å²) in [6, 6.07) is 8.97. The van der Waals surface area contributed by atoms with E-state index >= 15 is 0 Å². The van der Waals surface area contributed by atoms with Gasteiger partial charge in [0.05, 0.1) is 11.8 Å². The van der Waals surface area contributed by atoms with Gasteiger partial charge in [0.15, 0.2) is 0 Å². The summed E-state index contributed by atoms with van der Waals surface area (Å²) in [4.78, 5) is 4.30. The van der Waals surface area contributed by atoms with E-state index in [1.54, 1.807) is 24.4 Å². The largest absolute Gasteiger partial charge is 0.388 e. The fraction of sp³-hybridized carbons (Fsp3) is 0.235. The maximum Gasteiger partial charge on any atom is 0.0877 e. The second kappa shape index (κ2) is 6.61. The molecule has 2 aromatic rings. The van der Waals surface area contributed by atoms with Gasteiger partial charge < -0.3 is 5.11 Å². The monoisotopic (exact) mass is 321 g/mol. The molecule has 0 aliphatic carbocycles. The number of rotatable bonds is 4. The molecule has 0 fully saturated rings. The average molecular weight is 322 g/mol. The Labute approximate surface area is 135 Å². The molecule has 0 radical (unpaired) electrons. The number of aliphatic hydroxyl groups is 1. The van der Waals surface area contributed by atoms with Crippen LogP contribution in [0.3, 0.4) is 0 Å². The third-order valence-corrected chi connectivity index (χ3v) is 4.05. The van der Waals surface area contributed by atoms with Gasteiger partial charge in [-0.1, -0.05) is 48.8 Å². The zero-order valence-electron chi connectivity index (χ0n) is 12.0. The molecule has 0 aliphatic rings. The van der Waals surface area contributed by atoms with Gasteiger partial charge in [-0.25, -0.2) is 0 Å². The zero-order chi connectivity index (χ0) is 15.6. The van der Waals surface area contributed by atoms with Gasteiger partial charge in [0.2, 0.25) is 0 Å². The van der Waals surface area contributed by atoms with Crippen molar-refractivity contribution in [2.75, 3.05) is 0 Å². The van der Waals surface area contributed by atoms with E-state index in [9.17, 15) is 5.11 Å². The fourth-order valence-electron chi connectivity index (χ4n) is 2.32. The number of allylic oxidation sites excluding steroid dienone is 1. The molecule has 0 bridgehead atoms. The molecule has 0 amide bonds. The van der Waals surface area contributed by atoms with Crippen LogP contribution in [-0.2, 0) is 0 Å². The van der Waals surface area contributed by atoms with Crippen molar-refractivity contribution >= 4 is 28.8 Å². The molecule has 0 aliphatic heterocycles. The van der Waals surface area contributed by atoms with Gasteiger partial charge in [0.25, 0.3) is 0 Å². The Balaban J connectivity index is 2.40. The first-order valence-electron chi connectivity index (χ1n) is 6.65. The fourth-order valence-corrected chi connectivity index (χ4v) is 2.90. The van der Waals surface area contributed by atoms with Crippen LogP contribution in [0.5, 0.6) is 0 Å². The van der Waals surface area contributed by atoms with Gasteiger partial charge in [-0.05, 0) is 36.3 Å². The molecule has 2 nitrogen and oxygen atoms in total. The molecule has 0 spiro atoms. The normalized spacial score (nSPS) is 13.8. The van der Waals surface area contributed by atoms with E-state index in [1.165, 1.54) is 0 Å². The molecule has 2 rings (SSSR count). The van der Waals surface area contributed by atoms with Crippen molar-refractivity contribution in [2.45, 2.75) is 25.9 Å². The number of aromatic nitrogens is 1. The zero-order valence-corrected chi connectivity index (χ0v) is 13.5. The van der Waals surface area contributed by atoms with E-state index in [0.29, 0.717) is 10.0 Å². The lowest BCUT2D eigenvalue weighted by Gasteiger charge is -2.22. The van der Waals surface area contributed by atoms with Gasteiger partial charge in [0, 0.05) is 27.7 Å². The number of nitrogens with zero attached hydrogens (tertiary/aromatic N) is 1. The first-order valence-corrected chi connectivity index (χ1v) is 7.41. The van der Waals surface area contributed by atoms with Crippen LogP contribution in [0.1, 0.15) is 42.7 Å². The van der Waals surface area contributed by atoms with E-state index in [1.807, 2.05) is 26.0 Å². The molecular formula is C17H17Cl2NO. The van der Waals surface area contributed by atoms with Crippen molar-refractivity contribution in [2.24, 2.45) is 0 Å². The molecule has 2 atom stereocenters. The Bertz CT molecular complexity index is 670. The van der Waals surface area contributed by atoms with Gasteiger partial charge >= 0.3 is 0 Å². The predicted octanol–water partition coefficient (Wildman–Crippen LogP) is 5.26. The van der Waals surface area contributed by atoms with Crippen LogP contribution in [0.2, 0.25) is 10.0 Å². The van der Waals surface area contributed by atoms with E-state index < -0.39 is 6.10 Å². The van der Waals surface area contributed by atoms with Crippen LogP contribution in [0.4, 0.5) is 0 Å². The second-order valence-corrected chi connectivity index (χ2v) is 5.96. The molecule has 1 heterocycles. The Morgan fingerprint density at radius 3 is 2.57 bits per heavy atom. The molecule has 2 unspecified atom stereocenters. The maximum absolute atomic E-state index is 10.7. The quantitative estimate of drug-likeness (QED) is 0.833.